The van der Waals surface area contributed by atoms with Crippen LogP contribution >= 0.6 is 0 Å². The fraction of sp³-hybridized carbons (Fsp3) is 0.889. The van der Waals surface area contributed by atoms with Gasteiger partial charge in [0.25, 0.3) is 0 Å². The molecule has 12 heavy (non-hydrogen) atoms. The summed E-state index contributed by atoms with van der Waals surface area (Å²) in [6, 6.07) is 2.58. The number of nitriles is 1. The number of hydrogen-bond donors (Lipinski definition) is 2. The van der Waals surface area contributed by atoms with Crippen molar-refractivity contribution >= 4 is 0 Å². The van der Waals surface area contributed by atoms with E-state index in [4.69, 9.17) is 10.4 Å². The highest BCUT2D eigenvalue weighted by Crippen LogP contribution is 1.99. The van der Waals surface area contributed by atoms with Crippen LogP contribution in [-0.2, 0) is 0 Å². The molecule has 0 aliphatic carbocycles. The third-order valence-electron chi connectivity index (χ3n) is 1.66. The van der Waals surface area contributed by atoms with Crippen LogP contribution in [0.4, 0.5) is 0 Å². The van der Waals surface area contributed by atoms with Crippen molar-refractivity contribution in [2.24, 2.45) is 0 Å². The minimum absolute atomic E-state index is 0.212. The zero-order chi connectivity index (χ0) is 9.56. The Bertz CT molecular complexity index is 151. The molecule has 0 saturated heterocycles. The monoisotopic (exact) mass is 170 g/mol. The maximum atomic E-state index is 9.06. The molecule has 0 aromatic rings. The average molecular weight is 170 g/mol. The van der Waals surface area contributed by atoms with Gasteiger partial charge in [0, 0.05) is 12.1 Å². The van der Waals surface area contributed by atoms with Crippen molar-refractivity contribution in [1.29, 1.82) is 5.26 Å². The van der Waals surface area contributed by atoms with Gasteiger partial charge in [0.05, 0.1) is 18.6 Å². The lowest BCUT2D eigenvalue weighted by Crippen LogP contribution is -2.36. The van der Waals surface area contributed by atoms with Gasteiger partial charge in [-0.1, -0.05) is 0 Å². The Kier molecular flexibility index (Phi) is 5.69. The van der Waals surface area contributed by atoms with E-state index in [9.17, 15) is 0 Å². The van der Waals surface area contributed by atoms with E-state index in [1.54, 1.807) is 6.92 Å². The van der Waals surface area contributed by atoms with Gasteiger partial charge in [0.2, 0.25) is 0 Å². The van der Waals surface area contributed by atoms with Gasteiger partial charge in [-0.3, -0.25) is 0 Å². The van der Waals surface area contributed by atoms with Gasteiger partial charge in [0.1, 0.15) is 0 Å². The second-order valence-corrected chi connectivity index (χ2v) is 3.42. The van der Waals surface area contributed by atoms with Crippen molar-refractivity contribution in [2.75, 3.05) is 0 Å². The first-order valence-electron chi connectivity index (χ1n) is 4.37. The van der Waals surface area contributed by atoms with Gasteiger partial charge < -0.3 is 10.4 Å². The Morgan fingerprint density at radius 2 is 1.92 bits per heavy atom. The largest absolute Gasteiger partial charge is 0.393 e. The molecule has 2 N–H and O–H groups in total. The van der Waals surface area contributed by atoms with Crippen LogP contribution in [0.3, 0.4) is 0 Å². The summed E-state index contributed by atoms with van der Waals surface area (Å²) < 4.78 is 0. The van der Waals surface area contributed by atoms with E-state index in [1.165, 1.54) is 0 Å². The highest BCUT2D eigenvalue weighted by molar-refractivity contribution is 4.79. The van der Waals surface area contributed by atoms with E-state index in [0.717, 1.165) is 6.42 Å². The zero-order valence-corrected chi connectivity index (χ0v) is 8.04. The Balaban J connectivity index is 3.55. The van der Waals surface area contributed by atoms with Gasteiger partial charge in [0.15, 0.2) is 0 Å². The molecule has 0 aromatic carbocycles. The van der Waals surface area contributed by atoms with Crippen LogP contribution in [-0.4, -0.2) is 23.3 Å². The van der Waals surface area contributed by atoms with Crippen LogP contribution in [0.25, 0.3) is 0 Å². The van der Waals surface area contributed by atoms with Gasteiger partial charge >= 0.3 is 0 Å². The summed E-state index contributed by atoms with van der Waals surface area (Å²) in [4.78, 5) is 0. The number of aliphatic hydroxyl groups excluding tert-OH is 1. The summed E-state index contributed by atoms with van der Waals surface area (Å²) in [5, 5.41) is 20.7. The molecule has 0 aromatic heterocycles. The van der Waals surface area contributed by atoms with Crippen LogP contribution in [0.5, 0.6) is 0 Å². The molecule has 0 fully saturated rings. The topological polar surface area (TPSA) is 56.0 Å². The predicted octanol–water partition coefficient (Wildman–Crippen LogP) is 1.04. The number of hydrogen-bond acceptors (Lipinski definition) is 3. The molecule has 3 atom stereocenters. The van der Waals surface area contributed by atoms with Crippen molar-refractivity contribution in [1.82, 2.24) is 5.32 Å². The standard InChI is InChI=1S/C9H18N2O/c1-7(4-5-10)11-8(2)6-9(3)12/h7-9,11-12H,4,6H2,1-3H3. The molecule has 0 rings (SSSR count). The molecule has 0 heterocycles. The van der Waals surface area contributed by atoms with Crippen LogP contribution in [0, 0.1) is 11.3 Å². The lowest BCUT2D eigenvalue weighted by Gasteiger charge is -2.18. The van der Waals surface area contributed by atoms with E-state index >= 15 is 0 Å². The van der Waals surface area contributed by atoms with Gasteiger partial charge in [-0.15, -0.1) is 0 Å². The van der Waals surface area contributed by atoms with Gasteiger partial charge in [-0.05, 0) is 27.2 Å². The van der Waals surface area contributed by atoms with E-state index in [-0.39, 0.29) is 18.2 Å². The molecular formula is C9H18N2O. The summed E-state index contributed by atoms with van der Waals surface area (Å²) >= 11 is 0. The number of nitrogens with one attached hydrogen (secondary N) is 1. The van der Waals surface area contributed by atoms with Crippen LogP contribution in [0.15, 0.2) is 0 Å². The predicted molar refractivity (Wildman–Crippen MR) is 48.6 cm³/mol. The quantitative estimate of drug-likeness (QED) is 0.648. The molecule has 0 spiro atoms. The van der Waals surface area contributed by atoms with E-state index < -0.39 is 0 Å². The minimum atomic E-state index is -0.276. The zero-order valence-electron chi connectivity index (χ0n) is 8.04. The number of aliphatic hydroxyl groups is 1. The van der Waals surface area contributed by atoms with Gasteiger partial charge in [-0.25, -0.2) is 0 Å². The maximum Gasteiger partial charge on any atom is 0.0638 e. The van der Waals surface area contributed by atoms with Crippen LogP contribution in [0.1, 0.15) is 33.6 Å². The van der Waals surface area contributed by atoms with Crippen LogP contribution in [0.2, 0.25) is 0 Å². The summed E-state index contributed by atoms with van der Waals surface area (Å²) in [6.07, 6.45) is 0.974. The third-order valence-corrected chi connectivity index (χ3v) is 1.66. The van der Waals surface area contributed by atoms with Crippen molar-refractivity contribution in [3.8, 4) is 6.07 Å². The molecule has 3 heteroatoms. The number of nitrogens with zero attached hydrogens (tertiary/aromatic N) is 1. The lowest BCUT2D eigenvalue weighted by molar-refractivity contribution is 0.168. The lowest BCUT2D eigenvalue weighted by atomic mass is 10.1. The van der Waals surface area contributed by atoms with Crippen molar-refractivity contribution in [2.45, 2.75) is 51.8 Å². The Hall–Kier alpha value is -0.590. The maximum absolute atomic E-state index is 9.06. The molecule has 3 unspecified atom stereocenters. The Morgan fingerprint density at radius 3 is 2.33 bits per heavy atom. The summed E-state index contributed by atoms with van der Waals surface area (Å²) in [7, 11) is 0. The minimum Gasteiger partial charge on any atom is -0.393 e. The smallest absolute Gasteiger partial charge is 0.0638 e. The van der Waals surface area contributed by atoms with Crippen LogP contribution < -0.4 is 5.32 Å². The molecule has 0 bridgehead atoms. The first kappa shape index (κ1) is 11.4. The third kappa shape index (κ3) is 6.14. The fourth-order valence-corrected chi connectivity index (χ4v) is 1.26. The van der Waals surface area contributed by atoms with Gasteiger partial charge in [-0.2, -0.15) is 5.26 Å². The SMILES string of the molecule is CC(O)CC(C)NC(C)CC#N. The van der Waals surface area contributed by atoms with Crippen molar-refractivity contribution < 1.29 is 5.11 Å². The fourth-order valence-electron chi connectivity index (χ4n) is 1.26. The molecular weight excluding hydrogens is 152 g/mol. The molecule has 0 aliphatic rings. The molecule has 0 amide bonds. The normalized spacial score (nSPS) is 17.9. The highest BCUT2D eigenvalue weighted by Gasteiger charge is 2.08. The second kappa shape index (κ2) is 5.99. The summed E-state index contributed by atoms with van der Waals surface area (Å²) in [5.41, 5.74) is 0. The molecule has 0 saturated carbocycles. The van der Waals surface area contributed by atoms with E-state index in [0.29, 0.717) is 6.42 Å². The van der Waals surface area contributed by atoms with E-state index in [1.807, 2.05) is 13.8 Å². The molecule has 0 radical (unpaired) electrons. The first-order valence-corrected chi connectivity index (χ1v) is 4.37. The summed E-state index contributed by atoms with van der Waals surface area (Å²) in [6.45, 7) is 5.76. The van der Waals surface area contributed by atoms with Crippen molar-refractivity contribution in [3.63, 3.8) is 0 Å². The summed E-state index contributed by atoms with van der Waals surface area (Å²) in [5.74, 6) is 0. The van der Waals surface area contributed by atoms with E-state index in [2.05, 4.69) is 11.4 Å². The molecule has 3 nitrogen and oxygen atoms in total. The first-order chi connectivity index (χ1) is 5.56. The highest BCUT2D eigenvalue weighted by atomic mass is 16.3. The average Bonchev–Trinajstić information content (AvgIpc) is 1.84. The Labute approximate surface area is 74.4 Å². The second-order valence-electron chi connectivity index (χ2n) is 3.42. The van der Waals surface area contributed by atoms with Crippen molar-refractivity contribution in [3.05, 3.63) is 0 Å². The number of rotatable bonds is 5. The molecule has 70 valence electrons. The molecule has 0 aliphatic heterocycles. The Morgan fingerprint density at radius 1 is 1.33 bits per heavy atom.